The third-order valence-electron chi connectivity index (χ3n) is 2.56. The molecule has 3 N–H and O–H groups in total. The van der Waals surface area contributed by atoms with Gasteiger partial charge in [-0.15, -0.1) is 11.3 Å². The fraction of sp³-hybridized carbons (Fsp3) is 0.667. The normalized spacial score (nSPS) is 13.5. The van der Waals surface area contributed by atoms with Gasteiger partial charge in [-0.2, -0.15) is 0 Å². The molecule has 1 amide bonds. The molecule has 0 aliphatic carbocycles. The molecule has 1 rings (SSSR count). The highest BCUT2D eigenvalue weighted by molar-refractivity contribution is 7.09. The third kappa shape index (κ3) is 4.44. The minimum Gasteiger partial charge on any atom is -0.354 e. The van der Waals surface area contributed by atoms with Gasteiger partial charge in [0.1, 0.15) is 0 Å². The first-order valence-corrected chi connectivity index (χ1v) is 6.63. The molecule has 0 spiro atoms. The van der Waals surface area contributed by atoms with Gasteiger partial charge in [-0.3, -0.25) is 4.79 Å². The van der Waals surface area contributed by atoms with E-state index in [-0.39, 0.29) is 11.3 Å². The molecule has 0 aliphatic heterocycles. The fourth-order valence-electron chi connectivity index (χ4n) is 1.34. The second-order valence-corrected chi connectivity index (χ2v) is 6.30. The Labute approximate surface area is 107 Å². The number of nitrogens with zero attached hydrogens (tertiary/aromatic N) is 1. The van der Waals surface area contributed by atoms with Gasteiger partial charge in [-0.05, 0) is 12.3 Å². The van der Waals surface area contributed by atoms with Crippen LogP contribution < -0.4 is 11.1 Å². The average Bonchev–Trinajstić information content (AvgIpc) is 2.61. The molecule has 1 heterocycles. The van der Waals surface area contributed by atoms with Crippen molar-refractivity contribution in [2.75, 3.05) is 6.54 Å². The van der Waals surface area contributed by atoms with Crippen LogP contribution in [0.3, 0.4) is 0 Å². The van der Waals surface area contributed by atoms with Gasteiger partial charge >= 0.3 is 0 Å². The first-order chi connectivity index (χ1) is 7.80. The van der Waals surface area contributed by atoms with Crippen molar-refractivity contribution in [1.29, 1.82) is 0 Å². The highest BCUT2D eigenvalue weighted by Gasteiger charge is 2.26. The van der Waals surface area contributed by atoms with Gasteiger partial charge in [0.15, 0.2) is 0 Å². The van der Waals surface area contributed by atoms with Gasteiger partial charge in [0.25, 0.3) is 0 Å². The molecule has 0 aromatic carbocycles. The minimum atomic E-state index is -0.473. The zero-order valence-electron chi connectivity index (χ0n) is 10.9. The minimum absolute atomic E-state index is 0.0931. The number of carbonyl (C=O) groups excluding carboxylic acids is 1. The summed E-state index contributed by atoms with van der Waals surface area (Å²) in [5, 5.41) is 5.92. The van der Waals surface area contributed by atoms with E-state index < -0.39 is 6.04 Å². The van der Waals surface area contributed by atoms with Gasteiger partial charge in [0, 0.05) is 18.3 Å². The van der Waals surface area contributed by atoms with Crippen molar-refractivity contribution in [3.05, 3.63) is 16.1 Å². The Morgan fingerprint density at radius 1 is 1.59 bits per heavy atom. The van der Waals surface area contributed by atoms with E-state index >= 15 is 0 Å². The van der Waals surface area contributed by atoms with Crippen LogP contribution >= 0.6 is 11.3 Å². The summed E-state index contributed by atoms with van der Waals surface area (Å²) in [6.07, 6.45) is 0.757. The van der Waals surface area contributed by atoms with E-state index in [4.69, 9.17) is 5.73 Å². The summed E-state index contributed by atoms with van der Waals surface area (Å²) in [4.78, 5) is 16.1. The van der Waals surface area contributed by atoms with Crippen LogP contribution in [0.15, 0.2) is 5.38 Å². The van der Waals surface area contributed by atoms with E-state index in [9.17, 15) is 4.79 Å². The van der Waals surface area contributed by atoms with E-state index in [1.54, 1.807) is 11.3 Å². The zero-order valence-corrected chi connectivity index (χ0v) is 11.7. The SMILES string of the molecule is Cc1nc(CCNC(=O)C(N)C(C)(C)C)cs1. The van der Waals surface area contributed by atoms with E-state index in [0.29, 0.717) is 6.54 Å². The van der Waals surface area contributed by atoms with Crippen LogP contribution in [0, 0.1) is 12.3 Å². The van der Waals surface area contributed by atoms with Crippen molar-refractivity contribution in [2.45, 2.75) is 40.2 Å². The van der Waals surface area contributed by atoms with E-state index in [1.807, 2.05) is 33.1 Å². The van der Waals surface area contributed by atoms with Crippen LogP contribution in [-0.4, -0.2) is 23.5 Å². The third-order valence-corrected chi connectivity index (χ3v) is 3.38. The maximum Gasteiger partial charge on any atom is 0.237 e. The lowest BCUT2D eigenvalue weighted by Gasteiger charge is -2.25. The van der Waals surface area contributed by atoms with Gasteiger partial charge in [0.05, 0.1) is 16.7 Å². The maximum atomic E-state index is 11.7. The number of nitrogens with one attached hydrogen (secondary N) is 1. The van der Waals surface area contributed by atoms with Crippen LogP contribution in [0.1, 0.15) is 31.5 Å². The Morgan fingerprint density at radius 3 is 2.71 bits per heavy atom. The van der Waals surface area contributed by atoms with Gasteiger partial charge in [-0.1, -0.05) is 20.8 Å². The quantitative estimate of drug-likeness (QED) is 0.856. The molecule has 1 unspecified atom stereocenters. The highest BCUT2D eigenvalue weighted by atomic mass is 32.1. The topological polar surface area (TPSA) is 68.0 Å². The fourth-order valence-corrected chi connectivity index (χ4v) is 1.99. The first-order valence-electron chi connectivity index (χ1n) is 5.75. The molecular formula is C12H21N3OS. The monoisotopic (exact) mass is 255 g/mol. The first kappa shape index (κ1) is 14.1. The molecule has 0 bridgehead atoms. The molecule has 4 nitrogen and oxygen atoms in total. The maximum absolute atomic E-state index is 11.7. The number of aromatic nitrogens is 1. The van der Waals surface area contributed by atoms with Crippen LogP contribution in [0.5, 0.6) is 0 Å². The van der Waals surface area contributed by atoms with Crippen molar-refractivity contribution in [3.63, 3.8) is 0 Å². The van der Waals surface area contributed by atoms with E-state index in [2.05, 4.69) is 10.3 Å². The van der Waals surface area contributed by atoms with Gasteiger partial charge in [-0.25, -0.2) is 4.98 Å². The Kier molecular flexibility index (Phi) is 4.65. The number of carbonyl (C=O) groups is 1. The van der Waals surface area contributed by atoms with Crippen LogP contribution in [0.2, 0.25) is 0 Å². The van der Waals surface area contributed by atoms with Crippen molar-refractivity contribution in [2.24, 2.45) is 11.1 Å². The number of rotatable bonds is 4. The van der Waals surface area contributed by atoms with Crippen molar-refractivity contribution < 1.29 is 4.79 Å². The number of hydrogen-bond donors (Lipinski definition) is 2. The largest absolute Gasteiger partial charge is 0.354 e. The van der Waals surface area contributed by atoms with E-state index in [0.717, 1.165) is 17.1 Å². The molecule has 0 saturated carbocycles. The second-order valence-electron chi connectivity index (χ2n) is 5.24. The lowest BCUT2D eigenvalue weighted by molar-refractivity contribution is -0.124. The van der Waals surface area contributed by atoms with Crippen molar-refractivity contribution in [1.82, 2.24) is 10.3 Å². The molecule has 96 valence electrons. The Hall–Kier alpha value is -0.940. The van der Waals surface area contributed by atoms with Crippen molar-refractivity contribution in [3.8, 4) is 0 Å². The smallest absolute Gasteiger partial charge is 0.237 e. The lowest BCUT2D eigenvalue weighted by atomic mass is 9.87. The molecule has 1 atom stereocenters. The Morgan fingerprint density at radius 2 is 2.24 bits per heavy atom. The van der Waals surface area contributed by atoms with Crippen molar-refractivity contribution >= 4 is 17.2 Å². The van der Waals surface area contributed by atoms with Crippen LogP contribution in [0.4, 0.5) is 0 Å². The zero-order chi connectivity index (χ0) is 13.1. The molecule has 1 aromatic rings. The summed E-state index contributed by atoms with van der Waals surface area (Å²) < 4.78 is 0. The number of nitrogens with two attached hydrogens (primary N) is 1. The van der Waals surface area contributed by atoms with Crippen LogP contribution in [-0.2, 0) is 11.2 Å². The molecule has 0 aliphatic rings. The number of thiazole rings is 1. The Balaban J connectivity index is 2.34. The molecular weight excluding hydrogens is 234 g/mol. The average molecular weight is 255 g/mol. The summed E-state index contributed by atoms with van der Waals surface area (Å²) in [6.45, 7) is 8.44. The molecule has 0 fully saturated rings. The Bertz CT molecular complexity index is 381. The number of aryl methyl sites for hydroxylation is 1. The number of amides is 1. The summed E-state index contributed by atoms with van der Waals surface area (Å²) >= 11 is 1.63. The molecule has 17 heavy (non-hydrogen) atoms. The number of hydrogen-bond acceptors (Lipinski definition) is 4. The van der Waals surface area contributed by atoms with Gasteiger partial charge < -0.3 is 11.1 Å². The summed E-state index contributed by atoms with van der Waals surface area (Å²) in [6, 6.07) is -0.473. The molecule has 1 aromatic heterocycles. The summed E-state index contributed by atoms with van der Waals surface area (Å²) in [5.41, 5.74) is 6.67. The summed E-state index contributed by atoms with van der Waals surface area (Å²) in [5.74, 6) is -0.0931. The predicted molar refractivity (Wildman–Crippen MR) is 71.0 cm³/mol. The predicted octanol–water partition coefficient (Wildman–Crippen LogP) is 1.48. The highest BCUT2D eigenvalue weighted by Crippen LogP contribution is 2.17. The van der Waals surface area contributed by atoms with Crippen LogP contribution in [0.25, 0.3) is 0 Å². The standard InChI is InChI=1S/C12H21N3OS/c1-8-15-9(7-17-8)5-6-14-11(16)10(13)12(2,3)4/h7,10H,5-6,13H2,1-4H3,(H,14,16). The molecule has 5 heteroatoms. The summed E-state index contributed by atoms with van der Waals surface area (Å²) in [7, 11) is 0. The van der Waals surface area contributed by atoms with Gasteiger partial charge in [0.2, 0.25) is 5.91 Å². The second kappa shape index (κ2) is 5.60. The molecule has 0 saturated heterocycles. The lowest BCUT2D eigenvalue weighted by Crippen LogP contribution is -2.49. The van der Waals surface area contributed by atoms with E-state index in [1.165, 1.54) is 0 Å². The molecule has 0 radical (unpaired) electrons.